The highest BCUT2D eigenvalue weighted by atomic mass is 32.2. The maximum absolute atomic E-state index is 11.2. The molecule has 0 spiro atoms. The zero-order valence-electron chi connectivity index (χ0n) is 16.3. The number of carboxylic acids is 2. The fourth-order valence-corrected chi connectivity index (χ4v) is 3.24. The molecule has 2 aromatic rings. The standard InChI is InChI=1S/C14H21N3O2S.C4H6O4/c1-16(2)7-6-12-9-17(3)14-5-4-11(8-13(12)14)10-20(15,18)19;5-3(6)1-2-4(7)8/h4-5,8-9H,6-7,10H2,1-3H3,(H2,15,18,19);1-2H2,(H,5,6)(H,7,8). The number of aliphatic carboxylic acids is 2. The highest BCUT2D eigenvalue weighted by Gasteiger charge is 2.10. The number of aryl methyl sites for hydroxylation is 1. The van der Waals surface area contributed by atoms with E-state index in [1.807, 2.05) is 39.3 Å². The Hall–Kier alpha value is -2.43. The molecule has 0 saturated carbocycles. The van der Waals surface area contributed by atoms with Crippen LogP contribution in [-0.2, 0) is 38.8 Å². The van der Waals surface area contributed by atoms with E-state index in [1.165, 1.54) is 5.56 Å². The first-order chi connectivity index (χ1) is 12.9. The minimum atomic E-state index is -3.49. The molecule has 0 aliphatic heterocycles. The average Bonchev–Trinajstić information content (AvgIpc) is 2.86. The molecule has 0 bridgehead atoms. The summed E-state index contributed by atoms with van der Waals surface area (Å²) in [6.45, 7) is 0.957. The van der Waals surface area contributed by atoms with Crippen molar-refractivity contribution in [1.29, 1.82) is 0 Å². The van der Waals surface area contributed by atoms with Crippen LogP contribution in [0, 0.1) is 0 Å². The third-order valence-corrected chi connectivity index (χ3v) is 4.62. The smallest absolute Gasteiger partial charge is 0.303 e. The van der Waals surface area contributed by atoms with Crippen molar-refractivity contribution in [3.63, 3.8) is 0 Å². The van der Waals surface area contributed by atoms with Crippen molar-refractivity contribution < 1.29 is 28.2 Å². The molecule has 9 nitrogen and oxygen atoms in total. The van der Waals surface area contributed by atoms with Gasteiger partial charge in [0.15, 0.2) is 0 Å². The zero-order valence-corrected chi connectivity index (χ0v) is 17.1. The number of primary sulfonamides is 1. The van der Waals surface area contributed by atoms with Gasteiger partial charge in [-0.25, -0.2) is 13.6 Å². The van der Waals surface area contributed by atoms with Gasteiger partial charge in [-0.15, -0.1) is 0 Å². The number of likely N-dealkylation sites (N-methyl/N-ethyl adjacent to an activating group) is 1. The van der Waals surface area contributed by atoms with Crippen LogP contribution >= 0.6 is 0 Å². The van der Waals surface area contributed by atoms with E-state index in [0.717, 1.165) is 29.4 Å². The molecule has 2 rings (SSSR count). The lowest BCUT2D eigenvalue weighted by Gasteiger charge is -2.08. The van der Waals surface area contributed by atoms with E-state index in [-0.39, 0.29) is 18.6 Å². The summed E-state index contributed by atoms with van der Waals surface area (Å²) in [5.74, 6) is -2.27. The van der Waals surface area contributed by atoms with E-state index in [2.05, 4.69) is 15.7 Å². The van der Waals surface area contributed by atoms with E-state index in [4.69, 9.17) is 15.4 Å². The summed E-state index contributed by atoms with van der Waals surface area (Å²) < 4.78 is 24.5. The Morgan fingerprint density at radius 2 is 1.71 bits per heavy atom. The van der Waals surface area contributed by atoms with Crippen molar-refractivity contribution in [3.8, 4) is 0 Å². The summed E-state index contributed by atoms with van der Waals surface area (Å²) in [6.07, 6.45) is 2.45. The molecule has 1 aromatic heterocycles. The number of nitrogens with zero attached hydrogens (tertiary/aromatic N) is 2. The van der Waals surface area contributed by atoms with Crippen LogP contribution in [0.15, 0.2) is 24.4 Å². The zero-order chi connectivity index (χ0) is 21.5. The number of nitrogens with two attached hydrogens (primary N) is 1. The topological polar surface area (TPSA) is 143 Å². The fourth-order valence-electron chi connectivity index (χ4n) is 2.60. The van der Waals surface area contributed by atoms with Gasteiger partial charge in [0.05, 0.1) is 18.6 Å². The molecule has 0 saturated heterocycles. The maximum Gasteiger partial charge on any atom is 0.303 e. The molecule has 0 atom stereocenters. The normalized spacial score (nSPS) is 11.3. The molecule has 156 valence electrons. The van der Waals surface area contributed by atoms with Gasteiger partial charge in [-0.1, -0.05) is 6.07 Å². The van der Waals surface area contributed by atoms with Crippen LogP contribution in [-0.4, -0.2) is 60.7 Å². The van der Waals surface area contributed by atoms with E-state index in [1.54, 1.807) is 0 Å². The molecule has 0 radical (unpaired) electrons. The highest BCUT2D eigenvalue weighted by Crippen LogP contribution is 2.23. The summed E-state index contributed by atoms with van der Waals surface area (Å²) in [6, 6.07) is 5.71. The minimum absolute atomic E-state index is 0.120. The number of rotatable bonds is 8. The van der Waals surface area contributed by atoms with E-state index in [0.29, 0.717) is 0 Å². The first-order valence-corrected chi connectivity index (χ1v) is 10.3. The van der Waals surface area contributed by atoms with Crippen molar-refractivity contribution in [1.82, 2.24) is 9.47 Å². The molecule has 0 fully saturated rings. The van der Waals surface area contributed by atoms with Crippen LogP contribution in [0.5, 0.6) is 0 Å². The monoisotopic (exact) mass is 413 g/mol. The quantitative estimate of drug-likeness (QED) is 0.586. The fraction of sp³-hybridized carbons (Fsp3) is 0.444. The Kier molecular flexibility index (Phi) is 8.61. The molecule has 10 heteroatoms. The van der Waals surface area contributed by atoms with Gasteiger partial charge in [-0.05, 0) is 43.8 Å². The lowest BCUT2D eigenvalue weighted by atomic mass is 10.1. The van der Waals surface area contributed by atoms with E-state index < -0.39 is 22.0 Å². The van der Waals surface area contributed by atoms with Gasteiger partial charge >= 0.3 is 11.9 Å². The predicted molar refractivity (Wildman–Crippen MR) is 106 cm³/mol. The Balaban J connectivity index is 0.000000416. The number of carbonyl (C=O) groups is 2. The average molecular weight is 413 g/mol. The largest absolute Gasteiger partial charge is 0.481 e. The maximum atomic E-state index is 11.2. The lowest BCUT2D eigenvalue weighted by molar-refractivity contribution is -0.143. The SMILES string of the molecule is CN(C)CCc1cn(C)c2ccc(CS(N)(=O)=O)cc12.O=C(O)CCC(=O)O. The number of hydrogen-bond acceptors (Lipinski definition) is 5. The van der Waals surface area contributed by atoms with Crippen molar-refractivity contribution in [2.45, 2.75) is 25.0 Å². The molecule has 0 amide bonds. The molecular formula is C18H27N3O6S. The minimum Gasteiger partial charge on any atom is -0.481 e. The second kappa shape index (κ2) is 10.2. The molecule has 0 unspecified atom stereocenters. The van der Waals surface area contributed by atoms with Crippen LogP contribution in [0.1, 0.15) is 24.0 Å². The van der Waals surface area contributed by atoms with Gasteiger partial charge in [0, 0.05) is 30.7 Å². The second-order valence-corrected chi connectivity index (χ2v) is 8.38. The number of aromatic nitrogens is 1. The van der Waals surface area contributed by atoms with Crippen molar-refractivity contribution in [2.24, 2.45) is 12.2 Å². The molecule has 1 heterocycles. The van der Waals surface area contributed by atoms with Crippen LogP contribution in [0.4, 0.5) is 0 Å². The Morgan fingerprint density at radius 3 is 2.18 bits per heavy atom. The first-order valence-electron chi connectivity index (χ1n) is 8.54. The molecular weight excluding hydrogens is 386 g/mol. The highest BCUT2D eigenvalue weighted by molar-refractivity contribution is 7.88. The van der Waals surface area contributed by atoms with Crippen LogP contribution < -0.4 is 5.14 Å². The van der Waals surface area contributed by atoms with Gasteiger partial charge in [0.25, 0.3) is 0 Å². The summed E-state index contributed by atoms with van der Waals surface area (Å²) in [4.78, 5) is 21.4. The Morgan fingerprint density at radius 1 is 1.14 bits per heavy atom. The van der Waals surface area contributed by atoms with Crippen LogP contribution in [0.2, 0.25) is 0 Å². The molecule has 0 aliphatic rings. The number of hydrogen-bond donors (Lipinski definition) is 3. The molecule has 4 N–H and O–H groups in total. The number of fused-ring (bicyclic) bond motifs is 1. The Labute approximate surface area is 164 Å². The lowest BCUT2D eigenvalue weighted by Crippen LogP contribution is -2.15. The molecule has 1 aromatic carbocycles. The summed E-state index contributed by atoms with van der Waals surface area (Å²) in [7, 11) is 2.59. The van der Waals surface area contributed by atoms with Crippen LogP contribution in [0.25, 0.3) is 10.9 Å². The molecule has 28 heavy (non-hydrogen) atoms. The van der Waals surface area contributed by atoms with Gasteiger partial charge in [-0.3, -0.25) is 9.59 Å². The Bertz CT molecular complexity index is 920. The first kappa shape index (κ1) is 23.6. The summed E-state index contributed by atoms with van der Waals surface area (Å²) in [5, 5.41) is 22.0. The third-order valence-electron chi connectivity index (χ3n) is 3.89. The van der Waals surface area contributed by atoms with Crippen molar-refractivity contribution >= 4 is 32.9 Å². The van der Waals surface area contributed by atoms with Crippen molar-refractivity contribution in [3.05, 3.63) is 35.5 Å². The summed E-state index contributed by atoms with van der Waals surface area (Å²) >= 11 is 0. The van der Waals surface area contributed by atoms with Gasteiger partial charge < -0.3 is 19.7 Å². The van der Waals surface area contributed by atoms with Gasteiger partial charge in [0.1, 0.15) is 0 Å². The van der Waals surface area contributed by atoms with E-state index in [9.17, 15) is 18.0 Å². The molecule has 0 aliphatic carbocycles. The number of sulfonamides is 1. The van der Waals surface area contributed by atoms with E-state index >= 15 is 0 Å². The van der Waals surface area contributed by atoms with Gasteiger partial charge in [0.2, 0.25) is 10.0 Å². The van der Waals surface area contributed by atoms with Gasteiger partial charge in [-0.2, -0.15) is 0 Å². The second-order valence-electron chi connectivity index (χ2n) is 6.76. The summed E-state index contributed by atoms with van der Waals surface area (Å²) in [5.41, 5.74) is 3.07. The third kappa shape index (κ3) is 8.51. The number of benzene rings is 1. The number of carboxylic acid groups (broad SMARTS) is 2. The predicted octanol–water partition coefficient (Wildman–Crippen LogP) is 1.01. The van der Waals surface area contributed by atoms with Crippen molar-refractivity contribution in [2.75, 3.05) is 20.6 Å². The van der Waals surface area contributed by atoms with Crippen LogP contribution in [0.3, 0.4) is 0 Å².